The summed E-state index contributed by atoms with van der Waals surface area (Å²) in [6.45, 7) is 0.590. The highest BCUT2D eigenvalue weighted by molar-refractivity contribution is 7.46. The van der Waals surface area contributed by atoms with Crippen LogP contribution >= 0.6 is 7.82 Å². The fourth-order valence-corrected chi connectivity index (χ4v) is 4.74. The Hall–Kier alpha value is -3.82. The van der Waals surface area contributed by atoms with Gasteiger partial charge in [-0.3, -0.25) is 23.4 Å². The first-order chi connectivity index (χ1) is 20.2. The van der Waals surface area contributed by atoms with E-state index in [4.69, 9.17) is 35.6 Å². The maximum Gasteiger partial charge on any atom is 0.469 e. The van der Waals surface area contributed by atoms with Gasteiger partial charge >= 0.3 is 19.6 Å². The van der Waals surface area contributed by atoms with E-state index in [0.29, 0.717) is 5.56 Å². The molecule has 0 bridgehead atoms. The number of nitrogens with one attached hydrogen (secondary N) is 1. The first-order valence-corrected chi connectivity index (χ1v) is 13.8. The quantitative estimate of drug-likeness (QED) is 0.0491. The topological polar surface area (TPSA) is 319 Å². The van der Waals surface area contributed by atoms with Crippen LogP contribution in [0.25, 0.3) is 21.6 Å². The number of fused-ring (bicyclic) bond motifs is 1. The number of H-pyrrole nitrogens is 1. The van der Waals surface area contributed by atoms with E-state index in [0.717, 1.165) is 10.9 Å². The van der Waals surface area contributed by atoms with Crippen molar-refractivity contribution in [2.45, 2.75) is 56.3 Å². The largest absolute Gasteiger partial charge is 0.469 e. The number of aromatic amines is 1. The minimum atomic E-state index is -4.78. The minimum absolute atomic E-state index is 0.0663. The number of phosphoric acid groups is 1. The second-order valence-electron chi connectivity index (χ2n) is 9.33. The molecule has 43 heavy (non-hydrogen) atoms. The van der Waals surface area contributed by atoms with Gasteiger partial charge in [0, 0.05) is 23.1 Å². The van der Waals surface area contributed by atoms with E-state index in [1.807, 2.05) is 0 Å². The number of aliphatic hydroxyl groups is 3. The molecule has 8 N–H and O–H groups in total. The molecule has 0 radical (unpaired) electrons. The lowest BCUT2D eigenvalue weighted by Gasteiger charge is -2.16. The smallest absolute Gasteiger partial charge is 0.394 e. The highest BCUT2D eigenvalue weighted by Crippen LogP contribution is 2.39. The number of aliphatic hydroxyl groups excluding tert-OH is 3. The molecule has 0 aromatic carbocycles. The fourth-order valence-electron chi connectivity index (χ4n) is 4.40. The minimum Gasteiger partial charge on any atom is -0.394 e. The average Bonchev–Trinajstić information content (AvgIpc) is 3.61. The van der Waals surface area contributed by atoms with E-state index in [2.05, 4.69) is 34.5 Å². The number of phosphoric ester groups is 1. The summed E-state index contributed by atoms with van der Waals surface area (Å²) in [7, 11) is -4.78. The van der Waals surface area contributed by atoms with Gasteiger partial charge in [0.05, 0.1) is 31.7 Å². The number of rotatable bonds is 7. The number of imidazole rings is 1. The van der Waals surface area contributed by atoms with E-state index >= 15 is 0 Å². The van der Waals surface area contributed by atoms with Crippen LogP contribution in [0.2, 0.25) is 0 Å². The summed E-state index contributed by atoms with van der Waals surface area (Å²) in [5.41, 5.74) is 13.3. The van der Waals surface area contributed by atoms with Gasteiger partial charge in [0.25, 0.3) is 5.56 Å². The molecule has 5 rings (SSSR count). The maximum absolute atomic E-state index is 13.3. The van der Waals surface area contributed by atoms with Crippen molar-refractivity contribution in [3.05, 3.63) is 55.4 Å². The molecule has 23 heteroatoms. The van der Waals surface area contributed by atoms with Crippen LogP contribution in [0, 0.1) is 13.0 Å². The highest BCUT2D eigenvalue weighted by atomic mass is 31.2. The van der Waals surface area contributed by atoms with Gasteiger partial charge in [-0.2, -0.15) is 14.4 Å². The van der Waals surface area contributed by atoms with Crippen LogP contribution < -0.4 is 17.0 Å². The molecule has 2 saturated heterocycles. The van der Waals surface area contributed by atoms with Crippen LogP contribution in [0.15, 0.2) is 27.2 Å². The number of azide groups is 1. The van der Waals surface area contributed by atoms with Crippen LogP contribution in [0.1, 0.15) is 24.4 Å². The van der Waals surface area contributed by atoms with Crippen molar-refractivity contribution in [2.24, 2.45) is 5.11 Å². The fraction of sp³-hybridized carbons (Fsp3) is 0.550. The van der Waals surface area contributed by atoms with E-state index in [1.165, 1.54) is 10.8 Å². The second-order valence-corrected chi connectivity index (χ2v) is 10.6. The molecule has 0 unspecified atom stereocenters. The van der Waals surface area contributed by atoms with Crippen LogP contribution in [0.3, 0.4) is 0 Å². The van der Waals surface area contributed by atoms with Gasteiger partial charge in [0.15, 0.2) is 23.2 Å². The molecule has 5 heterocycles. The maximum atomic E-state index is 13.3. The van der Waals surface area contributed by atoms with Crippen LogP contribution in [0.4, 0.5) is 10.2 Å². The number of hydrogen-bond donors (Lipinski definition) is 7. The lowest BCUT2D eigenvalue weighted by atomic mass is 10.1. The summed E-state index contributed by atoms with van der Waals surface area (Å²) < 4.78 is 41.5. The third-order valence-corrected chi connectivity index (χ3v) is 6.97. The van der Waals surface area contributed by atoms with Gasteiger partial charge in [0.2, 0.25) is 0 Å². The Kier molecular flexibility index (Phi) is 9.57. The Bertz CT molecular complexity index is 1690. The van der Waals surface area contributed by atoms with Crippen LogP contribution in [0.5, 0.6) is 0 Å². The van der Waals surface area contributed by atoms with Crippen LogP contribution in [-0.2, 0) is 18.6 Å². The molecule has 0 aliphatic carbocycles. The first-order valence-electron chi connectivity index (χ1n) is 12.2. The van der Waals surface area contributed by atoms with Crippen molar-refractivity contribution in [1.29, 1.82) is 0 Å². The molecule has 0 amide bonds. The molecule has 2 aliphatic rings. The van der Waals surface area contributed by atoms with Gasteiger partial charge in [-0.05, 0) is 12.5 Å². The summed E-state index contributed by atoms with van der Waals surface area (Å²) in [4.78, 5) is 55.9. The van der Waals surface area contributed by atoms with E-state index in [-0.39, 0.29) is 30.0 Å². The van der Waals surface area contributed by atoms with Crippen molar-refractivity contribution < 1.29 is 48.1 Å². The zero-order valence-corrected chi connectivity index (χ0v) is 22.9. The molecule has 2 aliphatic heterocycles. The Labute approximate surface area is 238 Å². The second kappa shape index (κ2) is 12.8. The summed E-state index contributed by atoms with van der Waals surface area (Å²) in [6.07, 6.45) is -5.13. The lowest BCUT2D eigenvalue weighted by Crippen LogP contribution is -2.33. The third kappa shape index (κ3) is 7.05. The Balaban J connectivity index is 0.000000203. The molecule has 3 aromatic heterocycles. The van der Waals surface area contributed by atoms with Crippen molar-refractivity contribution in [3.63, 3.8) is 0 Å². The van der Waals surface area contributed by atoms with Crippen molar-refractivity contribution >= 4 is 24.8 Å². The SMILES string of the molecule is Cc1cn([C@H]2C[C@H](N=[N+]=[N-])[C@@H](CO)O2)c(=O)[nH]c1=O.Nc1nc(F)nc2c1ncn2[C@@H]1O[C@H](COP(=O)(O)O)[C@@H](O)[C@@H]1O. The Morgan fingerprint density at radius 3 is 2.63 bits per heavy atom. The number of nitrogen functional groups attached to an aromatic ring is 1. The molecular weight excluding hydrogens is 606 g/mol. The molecule has 7 atom stereocenters. The van der Waals surface area contributed by atoms with Gasteiger partial charge < -0.3 is 40.3 Å². The summed E-state index contributed by atoms with van der Waals surface area (Å²) in [6, 6.07) is -0.542. The summed E-state index contributed by atoms with van der Waals surface area (Å²) >= 11 is 0. The number of anilines is 1. The van der Waals surface area contributed by atoms with Crippen molar-refractivity contribution in [3.8, 4) is 0 Å². The van der Waals surface area contributed by atoms with Gasteiger partial charge in [-0.1, -0.05) is 5.11 Å². The third-order valence-electron chi connectivity index (χ3n) is 6.48. The molecule has 2 fully saturated rings. The molecule has 21 nitrogen and oxygen atoms in total. The number of ether oxygens (including phenoxy) is 2. The predicted octanol–water partition coefficient (Wildman–Crippen LogP) is -1.92. The molecule has 234 valence electrons. The molecular formula is C20H26FN10O11P. The van der Waals surface area contributed by atoms with Gasteiger partial charge in [-0.15, -0.1) is 0 Å². The number of nitrogens with zero attached hydrogens (tertiary/aromatic N) is 8. The average molecular weight is 632 g/mol. The first kappa shape index (κ1) is 32.1. The number of hydrogen-bond acceptors (Lipinski definition) is 14. The number of halogens is 1. The number of aromatic nitrogens is 6. The van der Waals surface area contributed by atoms with E-state index in [1.54, 1.807) is 6.92 Å². The monoisotopic (exact) mass is 632 g/mol. The number of nitrogens with two attached hydrogens (primary N) is 1. The van der Waals surface area contributed by atoms with Gasteiger partial charge in [0.1, 0.15) is 24.5 Å². The van der Waals surface area contributed by atoms with E-state index in [9.17, 15) is 28.8 Å². The van der Waals surface area contributed by atoms with Crippen molar-refractivity contribution in [2.75, 3.05) is 18.9 Å². The van der Waals surface area contributed by atoms with Crippen molar-refractivity contribution in [1.82, 2.24) is 29.1 Å². The summed E-state index contributed by atoms with van der Waals surface area (Å²) in [5.74, 6) is -0.217. The summed E-state index contributed by atoms with van der Waals surface area (Å²) in [5, 5.41) is 32.7. The normalized spacial score (nSPS) is 27.1. The predicted molar refractivity (Wildman–Crippen MR) is 138 cm³/mol. The van der Waals surface area contributed by atoms with Crippen LogP contribution in [-0.4, -0.2) is 97.8 Å². The number of aryl methyl sites for hydroxylation is 1. The molecule has 3 aromatic rings. The highest BCUT2D eigenvalue weighted by Gasteiger charge is 2.45. The molecule has 0 spiro atoms. The Morgan fingerprint density at radius 2 is 1.98 bits per heavy atom. The lowest BCUT2D eigenvalue weighted by molar-refractivity contribution is -0.0504. The zero-order valence-electron chi connectivity index (χ0n) is 22.0. The molecule has 0 saturated carbocycles. The Morgan fingerprint density at radius 1 is 1.26 bits per heavy atom. The van der Waals surface area contributed by atoms with Gasteiger partial charge in [-0.25, -0.2) is 14.3 Å². The standard InChI is InChI=1S/C10H13FN5O7P.C10H13N5O4/c11-10-14-7(12)4-8(15-10)16(2-13-4)9-6(18)5(17)3(23-9)1-22-24(19,20)21;1-5-3-15(10(18)12-9(5)17)8-2-6(13-14-11)7(4-16)19-8/h2-3,5-6,9,17-18H,1H2,(H2,12,14,15)(H2,19,20,21);3,6-8,16H,2,4H2,1H3,(H,12,17,18)/t3-,5-,6+,9-;6-,7+,8+/m10/s1. The zero-order chi connectivity index (χ0) is 31.6. The van der Waals surface area contributed by atoms with E-state index < -0.39 is 74.7 Å².